The summed E-state index contributed by atoms with van der Waals surface area (Å²) < 4.78 is 3.90. The monoisotopic (exact) mass is 578 g/mol. The van der Waals surface area contributed by atoms with E-state index in [4.69, 9.17) is 11.6 Å². The number of hydrogen-bond acceptors (Lipinski definition) is 5. The van der Waals surface area contributed by atoms with E-state index in [1.165, 1.54) is 6.20 Å². The summed E-state index contributed by atoms with van der Waals surface area (Å²) in [7, 11) is 0. The zero-order chi connectivity index (χ0) is 26.1. The zero-order valence-electron chi connectivity index (χ0n) is 20.1. The third-order valence-corrected chi connectivity index (χ3v) is 7.61. The highest BCUT2D eigenvalue weighted by atomic mass is 79.9. The summed E-state index contributed by atoms with van der Waals surface area (Å²) in [5.41, 5.74) is 3.33. The fourth-order valence-electron chi connectivity index (χ4n) is 5.06. The van der Waals surface area contributed by atoms with Crippen LogP contribution in [0.1, 0.15) is 47.3 Å². The van der Waals surface area contributed by atoms with Gasteiger partial charge < -0.3 is 5.32 Å². The number of carbonyl (C=O) groups is 1. The first-order valence-corrected chi connectivity index (χ1v) is 13.2. The van der Waals surface area contributed by atoms with Gasteiger partial charge in [-0.25, -0.2) is 9.78 Å². The van der Waals surface area contributed by atoms with E-state index in [9.17, 15) is 14.9 Å². The Morgan fingerprint density at radius 1 is 1.16 bits per heavy atom. The molecular weight excluding hydrogens is 556 g/mol. The number of amides is 1. The number of nitrogens with zero attached hydrogens (tertiary/aromatic N) is 5. The fourth-order valence-corrected chi connectivity index (χ4v) is 5.55. The Kier molecular flexibility index (Phi) is 7.13. The topological polar surface area (TPSA) is 106 Å². The number of carbonyl (C=O) groups excluding carboxylic acids is 1. The van der Waals surface area contributed by atoms with Crippen LogP contribution in [0.25, 0.3) is 16.7 Å². The van der Waals surface area contributed by atoms with Gasteiger partial charge in [-0.05, 0) is 78.7 Å². The number of hydrogen-bond donors (Lipinski definition) is 1. The SMILES string of the molecule is Cc1ncc(Cl)cc1C(=O)N[C@H]1CC[C@H](Cn2c(=O)n(-c3cnc(Br)cc3C#N)c3ccccc32)CC1. The van der Waals surface area contributed by atoms with Crippen LogP contribution in [-0.2, 0) is 6.54 Å². The second-order valence-corrected chi connectivity index (χ2v) is 10.6. The van der Waals surface area contributed by atoms with Gasteiger partial charge in [0.15, 0.2) is 0 Å². The summed E-state index contributed by atoms with van der Waals surface area (Å²) in [5, 5.41) is 13.2. The van der Waals surface area contributed by atoms with Crippen molar-refractivity contribution in [2.75, 3.05) is 0 Å². The van der Waals surface area contributed by atoms with Gasteiger partial charge in [0.25, 0.3) is 5.91 Å². The van der Waals surface area contributed by atoms with Crippen LogP contribution in [0.3, 0.4) is 0 Å². The van der Waals surface area contributed by atoms with Crippen molar-refractivity contribution in [2.45, 2.75) is 45.2 Å². The van der Waals surface area contributed by atoms with Gasteiger partial charge in [-0.2, -0.15) is 5.26 Å². The largest absolute Gasteiger partial charge is 0.349 e. The second kappa shape index (κ2) is 10.5. The van der Waals surface area contributed by atoms with Crippen molar-refractivity contribution in [2.24, 2.45) is 5.92 Å². The minimum absolute atomic E-state index is 0.0622. The van der Waals surface area contributed by atoms with Gasteiger partial charge in [-0.1, -0.05) is 23.7 Å². The minimum Gasteiger partial charge on any atom is -0.349 e. The van der Waals surface area contributed by atoms with Crippen molar-refractivity contribution in [3.05, 3.63) is 85.7 Å². The molecule has 1 saturated carbocycles. The molecule has 1 fully saturated rings. The Hall–Kier alpha value is -3.48. The molecule has 1 aliphatic carbocycles. The molecule has 188 valence electrons. The zero-order valence-corrected chi connectivity index (χ0v) is 22.5. The summed E-state index contributed by atoms with van der Waals surface area (Å²) >= 11 is 9.32. The summed E-state index contributed by atoms with van der Waals surface area (Å²) in [5.74, 6) is 0.129. The molecule has 8 nitrogen and oxygen atoms in total. The molecule has 1 amide bonds. The summed E-state index contributed by atoms with van der Waals surface area (Å²) in [6.07, 6.45) is 6.50. The van der Waals surface area contributed by atoms with Gasteiger partial charge in [0.1, 0.15) is 10.7 Å². The number of halogens is 2. The van der Waals surface area contributed by atoms with E-state index in [0.29, 0.717) is 38.7 Å². The Labute approximate surface area is 227 Å². The van der Waals surface area contributed by atoms with Gasteiger partial charge in [-0.15, -0.1) is 0 Å². The molecule has 3 heterocycles. The predicted octanol–water partition coefficient (Wildman–Crippen LogP) is 5.17. The third-order valence-electron chi connectivity index (χ3n) is 6.97. The first-order chi connectivity index (χ1) is 17.9. The van der Waals surface area contributed by atoms with Crippen LogP contribution >= 0.6 is 27.5 Å². The van der Waals surface area contributed by atoms with Crippen molar-refractivity contribution in [1.29, 1.82) is 5.26 Å². The maximum Gasteiger partial charge on any atom is 0.333 e. The molecule has 10 heteroatoms. The average Bonchev–Trinajstić information content (AvgIpc) is 3.17. The lowest BCUT2D eigenvalue weighted by atomic mass is 9.85. The lowest BCUT2D eigenvalue weighted by Crippen LogP contribution is -2.39. The van der Waals surface area contributed by atoms with Crippen LogP contribution in [-0.4, -0.2) is 31.1 Å². The van der Waals surface area contributed by atoms with E-state index in [0.717, 1.165) is 36.7 Å². The maximum absolute atomic E-state index is 13.6. The second-order valence-electron chi connectivity index (χ2n) is 9.33. The Balaban J connectivity index is 1.34. The molecule has 3 aromatic heterocycles. The Morgan fingerprint density at radius 2 is 1.89 bits per heavy atom. The summed E-state index contributed by atoms with van der Waals surface area (Å²) in [6, 6.07) is 13.1. The molecule has 0 unspecified atom stereocenters. The highest BCUT2D eigenvalue weighted by molar-refractivity contribution is 9.10. The lowest BCUT2D eigenvalue weighted by Gasteiger charge is -2.29. The Morgan fingerprint density at radius 3 is 2.62 bits per heavy atom. The number of imidazole rings is 1. The van der Waals surface area contributed by atoms with E-state index in [2.05, 4.69) is 37.3 Å². The quantitative estimate of drug-likeness (QED) is 0.329. The first kappa shape index (κ1) is 25.2. The molecule has 37 heavy (non-hydrogen) atoms. The van der Waals surface area contributed by atoms with Crippen LogP contribution in [0.2, 0.25) is 5.02 Å². The van der Waals surface area contributed by atoms with E-state index in [1.54, 1.807) is 34.4 Å². The molecule has 1 aliphatic rings. The molecule has 0 spiro atoms. The van der Waals surface area contributed by atoms with Crippen molar-refractivity contribution in [3.63, 3.8) is 0 Å². The van der Waals surface area contributed by atoms with E-state index in [1.807, 2.05) is 24.3 Å². The molecule has 0 saturated heterocycles. The Bertz CT molecular complexity index is 1600. The number of fused-ring (bicyclic) bond motifs is 1. The van der Waals surface area contributed by atoms with E-state index >= 15 is 0 Å². The molecule has 1 N–H and O–H groups in total. The van der Waals surface area contributed by atoms with Gasteiger partial charge in [0.2, 0.25) is 0 Å². The molecule has 0 radical (unpaired) electrons. The predicted molar refractivity (Wildman–Crippen MR) is 145 cm³/mol. The fraction of sp³-hybridized carbons (Fsp3) is 0.296. The smallest absolute Gasteiger partial charge is 0.333 e. The van der Waals surface area contributed by atoms with Gasteiger partial charge in [-0.3, -0.25) is 18.9 Å². The number of nitriles is 1. The van der Waals surface area contributed by atoms with E-state index < -0.39 is 0 Å². The molecule has 1 aromatic carbocycles. The number of aryl methyl sites for hydroxylation is 1. The van der Waals surface area contributed by atoms with Crippen LogP contribution in [0, 0.1) is 24.2 Å². The van der Waals surface area contributed by atoms with Crippen molar-refractivity contribution in [3.8, 4) is 11.8 Å². The normalized spacial score (nSPS) is 17.5. The highest BCUT2D eigenvalue weighted by Crippen LogP contribution is 2.28. The minimum atomic E-state index is -0.193. The molecule has 0 aliphatic heterocycles. The van der Waals surface area contributed by atoms with Crippen LogP contribution in [0.5, 0.6) is 0 Å². The van der Waals surface area contributed by atoms with Crippen LogP contribution < -0.4 is 11.0 Å². The first-order valence-electron chi connectivity index (χ1n) is 12.0. The standard InChI is InChI=1S/C27H24BrClN6O2/c1-16-21(11-19(29)13-31-16)26(36)33-20-8-6-17(7-9-20)15-34-22-4-2-3-5-23(22)35(27(34)37)24-14-32-25(28)10-18(24)12-30/h2-5,10-11,13-14,17,20H,6-9,15H2,1H3,(H,33,36)/t17-,20-. The third kappa shape index (κ3) is 5.04. The van der Waals surface area contributed by atoms with Crippen molar-refractivity contribution in [1.82, 2.24) is 24.4 Å². The van der Waals surface area contributed by atoms with E-state index in [-0.39, 0.29) is 23.6 Å². The van der Waals surface area contributed by atoms with Gasteiger partial charge in [0, 0.05) is 18.8 Å². The highest BCUT2D eigenvalue weighted by Gasteiger charge is 2.26. The number of rotatable bonds is 5. The van der Waals surface area contributed by atoms with Crippen molar-refractivity contribution < 1.29 is 4.79 Å². The maximum atomic E-state index is 13.6. The number of aromatic nitrogens is 4. The molecule has 4 aromatic rings. The molecule has 0 bridgehead atoms. The number of pyridine rings is 2. The number of nitrogens with one attached hydrogen (secondary N) is 1. The summed E-state index contributed by atoms with van der Waals surface area (Å²) in [6.45, 7) is 2.36. The van der Waals surface area contributed by atoms with Gasteiger partial charge >= 0.3 is 5.69 Å². The summed E-state index contributed by atoms with van der Waals surface area (Å²) in [4.78, 5) is 34.8. The molecule has 5 rings (SSSR count). The number of para-hydroxylation sites is 2. The molecular formula is C27H24BrClN6O2. The van der Waals surface area contributed by atoms with Crippen LogP contribution in [0.15, 0.2) is 58.2 Å². The average molecular weight is 580 g/mol. The number of benzene rings is 1. The van der Waals surface area contributed by atoms with Crippen molar-refractivity contribution >= 4 is 44.5 Å². The van der Waals surface area contributed by atoms with Crippen LogP contribution in [0.4, 0.5) is 0 Å². The molecule has 0 atom stereocenters. The van der Waals surface area contributed by atoms with Gasteiger partial charge in [0.05, 0.1) is 44.8 Å². The lowest BCUT2D eigenvalue weighted by molar-refractivity contribution is 0.0919.